The number of Topliss-reactive ketones (excluding diaryl/α,β-unsaturated/α-hetero) is 1. The molecule has 0 N–H and O–H groups in total. The summed E-state index contributed by atoms with van der Waals surface area (Å²) in [5.41, 5.74) is 4.39. The fourth-order valence-corrected chi connectivity index (χ4v) is 3.51. The Morgan fingerprint density at radius 3 is 2.07 bits per heavy atom. The van der Waals surface area contributed by atoms with Gasteiger partial charge in [-0.3, -0.25) is 9.59 Å². The number of nitrogens with zero attached hydrogens (tertiary/aromatic N) is 2. The Labute approximate surface area is 165 Å². The predicted octanol–water partition coefficient (Wildman–Crippen LogP) is 3.15. The molecule has 28 heavy (non-hydrogen) atoms. The lowest BCUT2D eigenvalue weighted by atomic mass is 10.1. The van der Waals surface area contributed by atoms with Crippen LogP contribution in [0.1, 0.15) is 56.8 Å². The van der Waals surface area contributed by atoms with Crippen molar-refractivity contribution in [2.24, 2.45) is 0 Å². The van der Waals surface area contributed by atoms with E-state index < -0.39 is 5.97 Å². The number of carbonyl (C=O) groups excluding carboxylic acids is 3. The molecule has 0 amide bonds. The summed E-state index contributed by atoms with van der Waals surface area (Å²) in [7, 11) is 1.35. The first-order chi connectivity index (χ1) is 13.2. The lowest BCUT2D eigenvalue weighted by molar-refractivity contribution is -0.140. The molecule has 0 aromatic carbocycles. The van der Waals surface area contributed by atoms with Crippen LogP contribution in [0.25, 0.3) is 0 Å². The number of ketones is 1. The van der Waals surface area contributed by atoms with Gasteiger partial charge in [-0.2, -0.15) is 0 Å². The zero-order valence-electron chi connectivity index (χ0n) is 17.4. The van der Waals surface area contributed by atoms with Crippen LogP contribution in [0.4, 0.5) is 0 Å². The van der Waals surface area contributed by atoms with Crippen molar-refractivity contribution in [1.29, 1.82) is 0 Å². The molecule has 7 heteroatoms. The molecule has 0 aliphatic rings. The van der Waals surface area contributed by atoms with Gasteiger partial charge >= 0.3 is 11.9 Å². The van der Waals surface area contributed by atoms with E-state index in [2.05, 4.69) is 4.74 Å². The highest BCUT2D eigenvalue weighted by Crippen LogP contribution is 2.18. The lowest BCUT2D eigenvalue weighted by Crippen LogP contribution is -2.16. The molecule has 0 aliphatic heterocycles. The highest BCUT2D eigenvalue weighted by atomic mass is 16.5. The summed E-state index contributed by atoms with van der Waals surface area (Å²) < 4.78 is 13.8. The molecule has 0 radical (unpaired) electrons. The van der Waals surface area contributed by atoms with Crippen molar-refractivity contribution < 1.29 is 23.9 Å². The van der Waals surface area contributed by atoms with Crippen LogP contribution in [0.2, 0.25) is 0 Å². The topological polar surface area (TPSA) is 79.5 Å². The van der Waals surface area contributed by atoms with Gasteiger partial charge in [0.05, 0.1) is 19.1 Å². The molecule has 2 rings (SSSR count). The van der Waals surface area contributed by atoms with Crippen LogP contribution in [0.15, 0.2) is 12.1 Å². The van der Waals surface area contributed by atoms with Gasteiger partial charge in [0.15, 0.2) is 6.61 Å². The number of esters is 2. The van der Waals surface area contributed by atoms with Crippen molar-refractivity contribution in [3.8, 4) is 0 Å². The summed E-state index contributed by atoms with van der Waals surface area (Å²) in [5.74, 6) is -1.07. The van der Waals surface area contributed by atoms with Crippen molar-refractivity contribution in [2.45, 2.75) is 54.1 Å². The highest BCUT2D eigenvalue weighted by Gasteiger charge is 2.20. The maximum absolute atomic E-state index is 12.6. The first kappa shape index (κ1) is 21.5. The Bertz CT molecular complexity index is 905. The second kappa shape index (κ2) is 8.91. The van der Waals surface area contributed by atoms with Crippen molar-refractivity contribution in [2.75, 3.05) is 13.7 Å². The number of methoxy groups -OCH3 is 1. The first-order valence-corrected chi connectivity index (χ1v) is 9.31. The van der Waals surface area contributed by atoms with Gasteiger partial charge in [0, 0.05) is 41.4 Å². The van der Waals surface area contributed by atoms with Crippen molar-refractivity contribution >= 4 is 17.7 Å². The van der Waals surface area contributed by atoms with Crippen LogP contribution in [-0.2, 0) is 27.4 Å². The molecule has 7 nitrogen and oxygen atoms in total. The van der Waals surface area contributed by atoms with E-state index in [4.69, 9.17) is 4.74 Å². The van der Waals surface area contributed by atoms with E-state index in [1.807, 2.05) is 43.8 Å². The summed E-state index contributed by atoms with van der Waals surface area (Å²) in [5, 5.41) is 0. The van der Waals surface area contributed by atoms with Crippen molar-refractivity contribution in [3.05, 3.63) is 46.0 Å². The molecule has 2 aromatic heterocycles. The molecule has 0 saturated heterocycles. The summed E-state index contributed by atoms with van der Waals surface area (Å²) >= 11 is 0. The minimum absolute atomic E-state index is 0.225. The second-order valence-electron chi connectivity index (χ2n) is 6.79. The average molecular weight is 388 g/mol. The lowest BCUT2D eigenvalue weighted by Gasteiger charge is -2.09. The molecule has 0 bridgehead atoms. The minimum Gasteiger partial charge on any atom is -0.469 e. The van der Waals surface area contributed by atoms with E-state index in [9.17, 15) is 14.4 Å². The predicted molar refractivity (Wildman–Crippen MR) is 105 cm³/mol. The van der Waals surface area contributed by atoms with Crippen LogP contribution in [0.3, 0.4) is 0 Å². The average Bonchev–Trinajstić information content (AvgIpc) is 3.12. The SMILES string of the molecule is CCn1c(C)cc(C(=O)OCC(=O)c2cc(C)n(CCC(=O)OC)c2C)c1C. The van der Waals surface area contributed by atoms with Crippen LogP contribution >= 0.6 is 0 Å². The quantitative estimate of drug-likeness (QED) is 0.513. The van der Waals surface area contributed by atoms with E-state index >= 15 is 0 Å². The van der Waals surface area contributed by atoms with Crippen molar-refractivity contribution in [1.82, 2.24) is 9.13 Å². The molecule has 2 aromatic rings. The monoisotopic (exact) mass is 388 g/mol. The molecular weight excluding hydrogens is 360 g/mol. The largest absolute Gasteiger partial charge is 0.469 e. The third-order valence-corrected chi connectivity index (χ3v) is 5.09. The van der Waals surface area contributed by atoms with Crippen LogP contribution in [-0.4, -0.2) is 40.6 Å². The van der Waals surface area contributed by atoms with Gasteiger partial charge in [0.1, 0.15) is 0 Å². The van der Waals surface area contributed by atoms with Gasteiger partial charge in [-0.05, 0) is 46.8 Å². The standard InChI is InChI=1S/C21H28N2O5/c1-7-22-13(2)11-18(16(22)5)21(26)28-12-19(24)17-10-14(3)23(15(17)4)9-8-20(25)27-6/h10-11H,7-9,12H2,1-6H3. The molecular formula is C21H28N2O5. The van der Waals surface area contributed by atoms with Gasteiger partial charge in [0.25, 0.3) is 0 Å². The van der Waals surface area contributed by atoms with E-state index in [-0.39, 0.29) is 24.8 Å². The molecule has 2 heterocycles. The molecule has 0 atom stereocenters. The van der Waals surface area contributed by atoms with E-state index in [1.54, 1.807) is 12.1 Å². The molecule has 0 saturated carbocycles. The van der Waals surface area contributed by atoms with E-state index in [0.29, 0.717) is 17.7 Å². The Morgan fingerprint density at radius 2 is 1.50 bits per heavy atom. The highest BCUT2D eigenvalue weighted by molar-refractivity contribution is 6.00. The van der Waals surface area contributed by atoms with Gasteiger partial charge in [-0.25, -0.2) is 4.79 Å². The van der Waals surface area contributed by atoms with Gasteiger partial charge in [-0.1, -0.05) is 0 Å². The Balaban J connectivity index is 2.07. The fraction of sp³-hybridized carbons (Fsp3) is 0.476. The minimum atomic E-state index is -0.499. The normalized spacial score (nSPS) is 10.8. The summed E-state index contributed by atoms with van der Waals surface area (Å²) in [4.78, 5) is 36.4. The van der Waals surface area contributed by atoms with Crippen LogP contribution in [0, 0.1) is 27.7 Å². The second-order valence-corrected chi connectivity index (χ2v) is 6.79. The Kier molecular flexibility index (Phi) is 6.83. The maximum Gasteiger partial charge on any atom is 0.340 e. The Morgan fingerprint density at radius 1 is 0.929 bits per heavy atom. The van der Waals surface area contributed by atoms with Crippen molar-refractivity contribution in [3.63, 3.8) is 0 Å². The van der Waals surface area contributed by atoms with Crippen LogP contribution in [0.5, 0.6) is 0 Å². The number of rotatable bonds is 8. The first-order valence-electron chi connectivity index (χ1n) is 9.31. The molecule has 0 aliphatic carbocycles. The van der Waals surface area contributed by atoms with Gasteiger partial charge < -0.3 is 18.6 Å². The van der Waals surface area contributed by atoms with E-state index in [0.717, 1.165) is 29.3 Å². The summed E-state index contributed by atoms with van der Waals surface area (Å²) in [6, 6.07) is 3.54. The molecule has 0 unspecified atom stereocenters. The zero-order chi connectivity index (χ0) is 21.0. The molecule has 152 valence electrons. The zero-order valence-corrected chi connectivity index (χ0v) is 17.4. The number of aromatic nitrogens is 2. The van der Waals surface area contributed by atoms with Gasteiger partial charge in [-0.15, -0.1) is 0 Å². The third-order valence-electron chi connectivity index (χ3n) is 5.09. The number of ether oxygens (including phenoxy) is 2. The number of hydrogen-bond donors (Lipinski definition) is 0. The maximum atomic E-state index is 12.6. The van der Waals surface area contributed by atoms with E-state index in [1.165, 1.54) is 7.11 Å². The number of carbonyl (C=O) groups is 3. The van der Waals surface area contributed by atoms with Crippen LogP contribution < -0.4 is 0 Å². The number of aryl methyl sites for hydroxylation is 2. The number of hydrogen-bond acceptors (Lipinski definition) is 5. The summed E-state index contributed by atoms with van der Waals surface area (Å²) in [6.45, 7) is 10.4. The molecule has 0 spiro atoms. The fourth-order valence-electron chi connectivity index (χ4n) is 3.51. The Hall–Kier alpha value is -2.83. The molecule has 0 fully saturated rings. The van der Waals surface area contributed by atoms with Gasteiger partial charge in [0.2, 0.25) is 5.78 Å². The third kappa shape index (κ3) is 4.35. The smallest absolute Gasteiger partial charge is 0.340 e. The summed E-state index contributed by atoms with van der Waals surface area (Å²) in [6.07, 6.45) is 0.225.